The molecule has 0 atom stereocenters. The maximum absolute atomic E-state index is 5.21. The number of H-pyrrole nitrogens is 1. The zero-order valence-electron chi connectivity index (χ0n) is 11.3. The van der Waals surface area contributed by atoms with Gasteiger partial charge in [-0.05, 0) is 30.2 Å². The number of aromatic amines is 1. The third-order valence-corrected chi connectivity index (χ3v) is 3.11. The summed E-state index contributed by atoms with van der Waals surface area (Å²) in [5.74, 6) is 1.78. The molecule has 0 aliphatic rings. The number of hydrogen-bond acceptors (Lipinski definition) is 3. The highest BCUT2D eigenvalue weighted by Gasteiger charge is 2.01. The number of nitrogens with one attached hydrogen (secondary N) is 1. The van der Waals surface area contributed by atoms with Crippen molar-refractivity contribution >= 4 is 12.2 Å². The van der Waals surface area contributed by atoms with Crippen molar-refractivity contribution in [1.29, 1.82) is 0 Å². The minimum atomic E-state index is 0.658. The Hall–Kier alpha value is -1.68. The molecule has 1 N–H and O–H groups in total. The van der Waals surface area contributed by atoms with Crippen LogP contribution in [0.4, 0.5) is 0 Å². The summed E-state index contributed by atoms with van der Waals surface area (Å²) in [6, 6.07) is 9.95. The fraction of sp³-hybridized carbons (Fsp3) is 0.333. The number of benzene rings is 1. The molecule has 0 fully saturated rings. The summed E-state index contributed by atoms with van der Waals surface area (Å²) in [6.45, 7) is 2.15. The highest BCUT2D eigenvalue weighted by atomic mass is 32.1. The average molecular weight is 274 g/mol. The molecular formula is C15H18N2OS. The molecule has 0 aliphatic heterocycles. The Bertz CT molecular complexity index is 590. The number of ether oxygens (including phenoxy) is 1. The Kier molecular flexibility index (Phi) is 4.68. The van der Waals surface area contributed by atoms with Gasteiger partial charge < -0.3 is 9.72 Å². The lowest BCUT2D eigenvalue weighted by Crippen LogP contribution is -2.01. The van der Waals surface area contributed by atoms with Crippen molar-refractivity contribution in [3.8, 4) is 5.75 Å². The smallest absolute Gasteiger partial charge is 0.130 e. The summed E-state index contributed by atoms with van der Waals surface area (Å²) >= 11 is 5.21. The molecule has 1 heterocycles. The van der Waals surface area contributed by atoms with Crippen molar-refractivity contribution in [2.24, 2.45) is 0 Å². The van der Waals surface area contributed by atoms with E-state index in [1.807, 2.05) is 30.3 Å². The molecule has 0 saturated heterocycles. The molecule has 1 aromatic heterocycles. The Labute approximate surface area is 118 Å². The molecule has 100 valence electrons. The summed E-state index contributed by atoms with van der Waals surface area (Å²) in [5, 5.41) is 0. The van der Waals surface area contributed by atoms with E-state index in [2.05, 4.69) is 16.9 Å². The highest BCUT2D eigenvalue weighted by molar-refractivity contribution is 7.71. The molecule has 0 spiro atoms. The van der Waals surface area contributed by atoms with Gasteiger partial charge >= 0.3 is 0 Å². The Morgan fingerprint density at radius 3 is 2.63 bits per heavy atom. The Morgan fingerprint density at radius 1 is 1.26 bits per heavy atom. The van der Waals surface area contributed by atoms with Crippen molar-refractivity contribution in [1.82, 2.24) is 9.97 Å². The van der Waals surface area contributed by atoms with E-state index in [0.29, 0.717) is 4.64 Å². The first-order valence-electron chi connectivity index (χ1n) is 6.43. The van der Waals surface area contributed by atoms with Crippen LogP contribution in [0.1, 0.15) is 30.4 Å². The van der Waals surface area contributed by atoms with Crippen LogP contribution in [0.15, 0.2) is 30.3 Å². The van der Waals surface area contributed by atoms with E-state index in [0.717, 1.165) is 36.5 Å². The van der Waals surface area contributed by atoms with Crippen LogP contribution in [-0.4, -0.2) is 17.1 Å². The molecule has 19 heavy (non-hydrogen) atoms. The van der Waals surface area contributed by atoms with E-state index >= 15 is 0 Å². The summed E-state index contributed by atoms with van der Waals surface area (Å²) in [5.41, 5.74) is 2.35. The number of aryl methyl sites for hydroxylation is 1. The second-order valence-corrected chi connectivity index (χ2v) is 4.88. The van der Waals surface area contributed by atoms with Crippen LogP contribution in [0.5, 0.6) is 5.75 Å². The lowest BCUT2D eigenvalue weighted by molar-refractivity contribution is 0.414. The van der Waals surface area contributed by atoms with E-state index in [-0.39, 0.29) is 0 Å². The maximum Gasteiger partial charge on any atom is 0.130 e. The van der Waals surface area contributed by atoms with Gasteiger partial charge in [-0.1, -0.05) is 37.7 Å². The van der Waals surface area contributed by atoms with E-state index < -0.39 is 0 Å². The lowest BCUT2D eigenvalue weighted by Gasteiger charge is -2.06. The monoisotopic (exact) mass is 274 g/mol. The van der Waals surface area contributed by atoms with E-state index in [4.69, 9.17) is 17.0 Å². The standard InChI is InChI=1S/C15H18N2OS/c1-3-4-12-10-15(19)17-14(16-12)9-11-5-7-13(18-2)8-6-11/h5-8,10H,3-4,9H2,1-2H3,(H,16,17,19). The fourth-order valence-corrected chi connectivity index (χ4v) is 2.24. The molecule has 0 amide bonds. The first-order chi connectivity index (χ1) is 9.21. The number of methoxy groups -OCH3 is 1. The van der Waals surface area contributed by atoms with Crippen LogP contribution < -0.4 is 4.74 Å². The summed E-state index contributed by atoms with van der Waals surface area (Å²) in [4.78, 5) is 7.74. The van der Waals surface area contributed by atoms with Crippen LogP contribution in [0.25, 0.3) is 0 Å². The summed E-state index contributed by atoms with van der Waals surface area (Å²) in [6.07, 6.45) is 2.85. The molecule has 0 saturated carbocycles. The Morgan fingerprint density at radius 2 is 2.00 bits per heavy atom. The molecule has 3 nitrogen and oxygen atoms in total. The first kappa shape index (κ1) is 13.7. The quantitative estimate of drug-likeness (QED) is 0.845. The molecule has 0 bridgehead atoms. The molecule has 0 radical (unpaired) electrons. The van der Waals surface area contributed by atoms with Gasteiger partial charge in [0.15, 0.2) is 0 Å². The van der Waals surface area contributed by atoms with Gasteiger partial charge in [-0.15, -0.1) is 0 Å². The van der Waals surface area contributed by atoms with Crippen molar-refractivity contribution in [2.45, 2.75) is 26.2 Å². The number of aromatic nitrogens is 2. The van der Waals surface area contributed by atoms with Gasteiger partial charge in [0, 0.05) is 12.1 Å². The fourth-order valence-electron chi connectivity index (χ4n) is 1.99. The third-order valence-electron chi connectivity index (χ3n) is 2.90. The van der Waals surface area contributed by atoms with E-state index in [9.17, 15) is 0 Å². The minimum absolute atomic E-state index is 0.658. The van der Waals surface area contributed by atoms with Gasteiger partial charge in [-0.25, -0.2) is 4.98 Å². The van der Waals surface area contributed by atoms with E-state index in [1.54, 1.807) is 7.11 Å². The number of nitrogens with zero attached hydrogens (tertiary/aromatic N) is 1. The first-order valence-corrected chi connectivity index (χ1v) is 6.84. The predicted molar refractivity (Wildman–Crippen MR) is 79.2 cm³/mol. The zero-order chi connectivity index (χ0) is 13.7. The Balaban J connectivity index is 2.19. The van der Waals surface area contributed by atoms with Crippen LogP contribution in [0.2, 0.25) is 0 Å². The second-order valence-electron chi connectivity index (χ2n) is 4.47. The second kappa shape index (κ2) is 6.48. The molecule has 1 aromatic carbocycles. The van der Waals surface area contributed by atoms with Gasteiger partial charge in [0.25, 0.3) is 0 Å². The summed E-state index contributed by atoms with van der Waals surface area (Å²) in [7, 11) is 1.67. The van der Waals surface area contributed by atoms with Gasteiger partial charge in [0.2, 0.25) is 0 Å². The normalized spacial score (nSPS) is 10.4. The molecular weight excluding hydrogens is 256 g/mol. The van der Waals surface area contributed by atoms with Gasteiger partial charge in [0.1, 0.15) is 16.2 Å². The largest absolute Gasteiger partial charge is 0.497 e. The lowest BCUT2D eigenvalue weighted by atomic mass is 10.1. The topological polar surface area (TPSA) is 37.9 Å². The predicted octanol–water partition coefficient (Wildman–Crippen LogP) is 3.69. The van der Waals surface area contributed by atoms with Gasteiger partial charge in [0.05, 0.1) is 7.11 Å². The minimum Gasteiger partial charge on any atom is -0.497 e. The number of hydrogen-bond donors (Lipinski definition) is 1. The molecule has 2 aromatic rings. The van der Waals surface area contributed by atoms with E-state index in [1.165, 1.54) is 5.56 Å². The van der Waals surface area contributed by atoms with Crippen molar-refractivity contribution < 1.29 is 4.74 Å². The van der Waals surface area contributed by atoms with Crippen LogP contribution >= 0.6 is 12.2 Å². The molecule has 0 unspecified atom stereocenters. The van der Waals surface area contributed by atoms with Gasteiger partial charge in [-0.3, -0.25) is 0 Å². The number of rotatable bonds is 5. The van der Waals surface area contributed by atoms with Gasteiger partial charge in [-0.2, -0.15) is 0 Å². The summed E-state index contributed by atoms with van der Waals surface area (Å²) < 4.78 is 5.81. The van der Waals surface area contributed by atoms with Crippen LogP contribution in [-0.2, 0) is 12.8 Å². The van der Waals surface area contributed by atoms with Crippen molar-refractivity contribution in [2.75, 3.05) is 7.11 Å². The maximum atomic E-state index is 5.21. The van der Waals surface area contributed by atoms with Crippen LogP contribution in [0, 0.1) is 4.64 Å². The SMILES string of the molecule is CCCc1cc(=S)nc(Cc2ccc(OC)cc2)[nH]1. The average Bonchev–Trinajstić information content (AvgIpc) is 2.39. The van der Waals surface area contributed by atoms with Crippen molar-refractivity contribution in [3.63, 3.8) is 0 Å². The zero-order valence-corrected chi connectivity index (χ0v) is 12.1. The van der Waals surface area contributed by atoms with Crippen LogP contribution in [0.3, 0.4) is 0 Å². The third kappa shape index (κ3) is 3.89. The highest BCUT2D eigenvalue weighted by Crippen LogP contribution is 2.13. The molecule has 0 aliphatic carbocycles. The molecule has 4 heteroatoms. The molecule has 2 rings (SSSR count). The van der Waals surface area contributed by atoms with Crippen molar-refractivity contribution in [3.05, 3.63) is 52.1 Å².